The van der Waals surface area contributed by atoms with E-state index in [1.165, 1.54) is 11.8 Å². The molecule has 2 rings (SSSR count). The second kappa shape index (κ2) is 5.80. The van der Waals surface area contributed by atoms with Crippen LogP contribution in [0, 0.1) is 0 Å². The van der Waals surface area contributed by atoms with Crippen LogP contribution < -0.4 is 11.5 Å². The summed E-state index contributed by atoms with van der Waals surface area (Å²) in [5, 5.41) is -0.00932. The summed E-state index contributed by atoms with van der Waals surface area (Å²) in [7, 11) is 0. The lowest BCUT2D eigenvalue weighted by atomic mass is 9.98. The van der Waals surface area contributed by atoms with Gasteiger partial charge in [-0.1, -0.05) is 42.1 Å². The molecule has 0 amide bonds. The largest absolute Gasteiger partial charge is 0.399 e. The van der Waals surface area contributed by atoms with Crippen LogP contribution in [-0.4, -0.2) is 11.4 Å². The van der Waals surface area contributed by atoms with Gasteiger partial charge in [-0.15, -0.1) is 0 Å². The first kappa shape index (κ1) is 13.5. The van der Waals surface area contributed by atoms with Crippen LogP contribution in [0.25, 0.3) is 0 Å². The number of nitrogen functional groups attached to an aromatic ring is 2. The summed E-state index contributed by atoms with van der Waals surface area (Å²) in [5.74, 6) is 0. The Labute approximate surface area is 117 Å². The quantitative estimate of drug-likeness (QED) is 0.843. The van der Waals surface area contributed by atoms with Crippen LogP contribution in [0.1, 0.15) is 21.5 Å². The molecule has 98 valence electrons. The number of carbonyl (C=O) groups is 1. The van der Waals surface area contributed by atoms with Gasteiger partial charge < -0.3 is 11.5 Å². The molecule has 0 spiro atoms. The van der Waals surface area contributed by atoms with Crippen LogP contribution >= 0.6 is 11.8 Å². The van der Waals surface area contributed by atoms with Gasteiger partial charge in [0.15, 0.2) is 0 Å². The molecule has 0 aromatic heterocycles. The summed E-state index contributed by atoms with van der Waals surface area (Å²) in [5.41, 5.74) is 15.5. The summed E-state index contributed by atoms with van der Waals surface area (Å²) in [6, 6.07) is 13.3. The summed E-state index contributed by atoms with van der Waals surface area (Å²) in [4.78, 5) is 12.0. The number of thioether (sulfide) groups is 1. The van der Waals surface area contributed by atoms with Gasteiger partial charge in [-0.2, -0.15) is 0 Å². The van der Waals surface area contributed by atoms with Crippen molar-refractivity contribution >= 4 is 28.3 Å². The summed E-state index contributed by atoms with van der Waals surface area (Å²) in [6.07, 6.45) is 2.39. The van der Waals surface area contributed by atoms with E-state index in [9.17, 15) is 4.79 Å². The zero-order valence-electron chi connectivity index (χ0n) is 10.7. The van der Waals surface area contributed by atoms with E-state index in [0.717, 1.165) is 11.1 Å². The highest BCUT2D eigenvalue weighted by molar-refractivity contribution is 8.13. The summed E-state index contributed by atoms with van der Waals surface area (Å²) < 4.78 is 0. The average molecular weight is 272 g/mol. The fourth-order valence-electron chi connectivity index (χ4n) is 2.01. The van der Waals surface area contributed by atoms with Gasteiger partial charge in [0.05, 0.1) is 0 Å². The molecule has 0 bridgehead atoms. The minimum atomic E-state index is -0.00932. The molecule has 0 saturated carbocycles. The number of hydrogen-bond donors (Lipinski definition) is 2. The lowest BCUT2D eigenvalue weighted by molar-refractivity contribution is 0.108. The van der Waals surface area contributed by atoms with Crippen molar-refractivity contribution in [3.05, 3.63) is 59.2 Å². The molecule has 2 aromatic rings. The minimum Gasteiger partial charge on any atom is -0.399 e. The Morgan fingerprint density at radius 1 is 1.16 bits per heavy atom. The topological polar surface area (TPSA) is 69.1 Å². The molecule has 0 radical (unpaired) electrons. The summed E-state index contributed by atoms with van der Waals surface area (Å²) >= 11 is 1.17. The van der Waals surface area contributed by atoms with E-state index in [-0.39, 0.29) is 5.12 Å². The van der Waals surface area contributed by atoms with E-state index in [4.69, 9.17) is 11.5 Å². The van der Waals surface area contributed by atoms with Crippen LogP contribution in [0.15, 0.2) is 42.5 Å². The van der Waals surface area contributed by atoms with E-state index in [2.05, 4.69) is 0 Å². The number of anilines is 2. The van der Waals surface area contributed by atoms with E-state index in [0.29, 0.717) is 23.4 Å². The molecule has 0 unspecified atom stereocenters. The molecule has 0 atom stereocenters. The van der Waals surface area contributed by atoms with Crippen molar-refractivity contribution in [1.82, 2.24) is 0 Å². The number of hydrogen-bond acceptors (Lipinski definition) is 4. The Morgan fingerprint density at radius 2 is 1.84 bits per heavy atom. The molecule has 0 fully saturated rings. The molecule has 0 aliphatic carbocycles. The zero-order valence-corrected chi connectivity index (χ0v) is 11.5. The molecule has 0 aliphatic rings. The highest BCUT2D eigenvalue weighted by atomic mass is 32.2. The Hall–Kier alpha value is -1.94. The molecule has 0 aliphatic heterocycles. The highest BCUT2D eigenvalue weighted by Gasteiger charge is 2.14. The number of carbonyl (C=O) groups excluding carboxylic acids is 1. The second-order valence-electron chi connectivity index (χ2n) is 4.29. The molecule has 0 saturated heterocycles. The molecule has 0 heterocycles. The van der Waals surface area contributed by atoms with Gasteiger partial charge >= 0.3 is 0 Å². The second-order valence-corrected chi connectivity index (χ2v) is 5.07. The fourth-order valence-corrected chi connectivity index (χ4v) is 2.41. The summed E-state index contributed by atoms with van der Waals surface area (Å²) in [6.45, 7) is 0. The van der Waals surface area contributed by atoms with Gasteiger partial charge in [0.1, 0.15) is 0 Å². The van der Waals surface area contributed by atoms with Crippen molar-refractivity contribution < 1.29 is 4.79 Å². The third-order valence-electron chi connectivity index (χ3n) is 2.94. The zero-order chi connectivity index (χ0) is 13.8. The molecule has 4 heteroatoms. The van der Waals surface area contributed by atoms with Gasteiger partial charge in [0, 0.05) is 23.4 Å². The van der Waals surface area contributed by atoms with Crippen molar-refractivity contribution in [3.63, 3.8) is 0 Å². The van der Waals surface area contributed by atoms with Gasteiger partial charge in [0.25, 0.3) is 0 Å². The third kappa shape index (κ3) is 3.09. The van der Waals surface area contributed by atoms with Crippen molar-refractivity contribution in [2.75, 3.05) is 17.7 Å². The Bertz CT molecular complexity index is 597. The standard InChI is InChI=1S/C15H16N2OS/c1-19-15(18)13-8-11(16)9-14(17)12(13)7-10-5-3-2-4-6-10/h2-6,8-9H,7,16-17H2,1H3. The molecular formula is C15H16N2OS. The van der Waals surface area contributed by atoms with Crippen molar-refractivity contribution in [1.29, 1.82) is 0 Å². The Morgan fingerprint density at radius 3 is 2.47 bits per heavy atom. The Balaban J connectivity index is 2.46. The monoisotopic (exact) mass is 272 g/mol. The van der Waals surface area contributed by atoms with Crippen LogP contribution in [-0.2, 0) is 6.42 Å². The first-order valence-electron chi connectivity index (χ1n) is 5.92. The average Bonchev–Trinajstić information content (AvgIpc) is 2.42. The van der Waals surface area contributed by atoms with Gasteiger partial charge in [-0.05, 0) is 29.5 Å². The maximum Gasteiger partial charge on any atom is 0.219 e. The fraction of sp³-hybridized carbons (Fsp3) is 0.133. The van der Waals surface area contributed by atoms with E-state index >= 15 is 0 Å². The van der Waals surface area contributed by atoms with Gasteiger partial charge in [-0.25, -0.2) is 0 Å². The SMILES string of the molecule is CSC(=O)c1cc(N)cc(N)c1Cc1ccccc1. The van der Waals surface area contributed by atoms with Crippen LogP contribution in [0.2, 0.25) is 0 Å². The highest BCUT2D eigenvalue weighted by Crippen LogP contribution is 2.27. The maximum atomic E-state index is 12.0. The van der Waals surface area contributed by atoms with Crippen molar-refractivity contribution in [2.45, 2.75) is 6.42 Å². The lowest BCUT2D eigenvalue weighted by Crippen LogP contribution is -2.06. The Kier molecular flexibility index (Phi) is 4.12. The number of benzene rings is 2. The van der Waals surface area contributed by atoms with Crippen molar-refractivity contribution in [3.8, 4) is 0 Å². The van der Waals surface area contributed by atoms with Crippen LogP contribution in [0.3, 0.4) is 0 Å². The normalized spacial score (nSPS) is 10.4. The first-order valence-corrected chi connectivity index (χ1v) is 7.14. The minimum absolute atomic E-state index is 0.00932. The number of nitrogens with two attached hydrogens (primary N) is 2. The van der Waals surface area contributed by atoms with Crippen LogP contribution in [0.4, 0.5) is 11.4 Å². The maximum absolute atomic E-state index is 12.0. The third-order valence-corrected chi connectivity index (χ3v) is 3.53. The molecule has 2 aromatic carbocycles. The molecule has 19 heavy (non-hydrogen) atoms. The smallest absolute Gasteiger partial charge is 0.219 e. The lowest BCUT2D eigenvalue weighted by Gasteiger charge is -2.12. The molecular weight excluding hydrogens is 256 g/mol. The predicted octanol–water partition coefficient (Wildman–Crippen LogP) is 2.95. The first-order chi connectivity index (χ1) is 9.11. The van der Waals surface area contributed by atoms with Gasteiger partial charge in [-0.3, -0.25) is 4.79 Å². The van der Waals surface area contributed by atoms with Gasteiger partial charge in [0.2, 0.25) is 5.12 Å². The van der Waals surface area contributed by atoms with Crippen molar-refractivity contribution in [2.24, 2.45) is 0 Å². The van der Waals surface area contributed by atoms with E-state index in [1.807, 2.05) is 30.3 Å². The molecule has 3 nitrogen and oxygen atoms in total. The number of rotatable bonds is 3. The van der Waals surface area contributed by atoms with E-state index < -0.39 is 0 Å². The molecule has 4 N–H and O–H groups in total. The van der Waals surface area contributed by atoms with E-state index in [1.54, 1.807) is 18.4 Å². The predicted molar refractivity (Wildman–Crippen MR) is 82.4 cm³/mol. The van der Waals surface area contributed by atoms with Crippen LogP contribution in [0.5, 0.6) is 0 Å².